The molecule has 2 nitrogen and oxygen atoms in total. The van der Waals surface area contributed by atoms with E-state index in [0.29, 0.717) is 10.8 Å². The van der Waals surface area contributed by atoms with Gasteiger partial charge in [-0.1, -0.05) is 27.7 Å². The van der Waals surface area contributed by atoms with Gasteiger partial charge in [-0.25, -0.2) is 0 Å². The molecular weight excluding hydrogens is 218 g/mol. The Labute approximate surface area is 104 Å². The van der Waals surface area contributed by atoms with Crippen LogP contribution >= 0.6 is 11.8 Å². The molecule has 16 heavy (non-hydrogen) atoms. The minimum absolute atomic E-state index is 0.325. The lowest BCUT2D eigenvalue weighted by Crippen LogP contribution is -2.35. The van der Waals surface area contributed by atoms with Crippen molar-refractivity contribution in [3.8, 4) is 0 Å². The van der Waals surface area contributed by atoms with Gasteiger partial charge in [0.05, 0.1) is 12.6 Å². The second-order valence-corrected chi connectivity index (χ2v) is 7.02. The van der Waals surface area contributed by atoms with Crippen LogP contribution < -0.4 is 5.32 Å². The zero-order chi connectivity index (χ0) is 12.0. The molecule has 0 spiro atoms. The van der Waals surface area contributed by atoms with E-state index in [4.69, 9.17) is 4.74 Å². The molecule has 94 valence electrons. The number of thioether (sulfide) groups is 1. The first-order valence-electron chi connectivity index (χ1n) is 6.23. The Bertz CT molecular complexity index is 233. The van der Waals surface area contributed by atoms with Crippen LogP contribution in [0.2, 0.25) is 0 Å². The van der Waals surface area contributed by atoms with Gasteiger partial charge in [-0.3, -0.25) is 0 Å². The fourth-order valence-corrected chi connectivity index (χ4v) is 2.52. The summed E-state index contributed by atoms with van der Waals surface area (Å²) in [6.45, 7) is 10.9. The zero-order valence-electron chi connectivity index (χ0n) is 11.0. The second kappa shape index (κ2) is 6.55. The highest BCUT2D eigenvalue weighted by molar-refractivity contribution is 8.00. The Balaban J connectivity index is 2.43. The van der Waals surface area contributed by atoms with Crippen LogP contribution in [-0.2, 0) is 4.74 Å². The van der Waals surface area contributed by atoms with Gasteiger partial charge < -0.3 is 10.1 Å². The number of nitrogens with one attached hydrogen (secondary N) is 1. The number of ether oxygens (including phenoxy) is 1. The fourth-order valence-electron chi connectivity index (χ4n) is 1.57. The topological polar surface area (TPSA) is 21.3 Å². The van der Waals surface area contributed by atoms with E-state index in [1.54, 1.807) is 0 Å². The summed E-state index contributed by atoms with van der Waals surface area (Å²) in [7, 11) is 0. The molecule has 1 atom stereocenters. The van der Waals surface area contributed by atoms with Crippen molar-refractivity contribution in [2.75, 3.05) is 18.9 Å². The van der Waals surface area contributed by atoms with Gasteiger partial charge in [-0.2, -0.15) is 11.8 Å². The Morgan fingerprint density at radius 2 is 2.25 bits per heavy atom. The minimum Gasteiger partial charge on any atom is -0.496 e. The zero-order valence-corrected chi connectivity index (χ0v) is 11.8. The monoisotopic (exact) mass is 243 g/mol. The molecule has 0 fully saturated rings. The SMILES string of the molecule is CCCNC(CSC(C)(C)C)C1=CCCO1. The summed E-state index contributed by atoms with van der Waals surface area (Å²) in [5.41, 5.74) is 0. The fraction of sp³-hybridized carbons (Fsp3) is 0.846. The van der Waals surface area contributed by atoms with Gasteiger partial charge in [0, 0.05) is 16.9 Å². The largest absolute Gasteiger partial charge is 0.496 e. The average Bonchev–Trinajstić information content (AvgIpc) is 2.69. The molecule has 1 unspecified atom stereocenters. The molecule has 0 saturated heterocycles. The molecule has 0 radical (unpaired) electrons. The predicted octanol–water partition coefficient (Wildman–Crippen LogP) is 3.19. The molecule has 1 N–H and O–H groups in total. The van der Waals surface area contributed by atoms with Crippen LogP contribution in [-0.4, -0.2) is 29.7 Å². The van der Waals surface area contributed by atoms with Gasteiger partial charge in [0.15, 0.2) is 0 Å². The maximum absolute atomic E-state index is 5.66. The first-order valence-corrected chi connectivity index (χ1v) is 7.21. The predicted molar refractivity (Wildman–Crippen MR) is 72.9 cm³/mol. The molecule has 0 aromatic rings. The number of hydrogen-bond acceptors (Lipinski definition) is 3. The van der Waals surface area contributed by atoms with Crippen LogP contribution in [0, 0.1) is 0 Å². The van der Waals surface area contributed by atoms with Crippen LogP contribution in [0.3, 0.4) is 0 Å². The van der Waals surface area contributed by atoms with Gasteiger partial charge in [0.25, 0.3) is 0 Å². The van der Waals surface area contributed by atoms with E-state index < -0.39 is 0 Å². The molecule has 1 heterocycles. The third-order valence-electron chi connectivity index (χ3n) is 2.40. The molecule has 1 rings (SSSR count). The Kier molecular flexibility index (Phi) is 5.70. The number of rotatable bonds is 6. The smallest absolute Gasteiger partial charge is 0.110 e. The summed E-state index contributed by atoms with van der Waals surface area (Å²) < 4.78 is 5.99. The van der Waals surface area contributed by atoms with Crippen LogP contribution in [0.1, 0.15) is 40.5 Å². The van der Waals surface area contributed by atoms with Crippen LogP contribution in [0.15, 0.2) is 11.8 Å². The van der Waals surface area contributed by atoms with Crippen molar-refractivity contribution in [2.45, 2.75) is 51.3 Å². The average molecular weight is 243 g/mol. The molecule has 0 bridgehead atoms. The molecule has 0 aromatic heterocycles. The highest BCUT2D eigenvalue weighted by Crippen LogP contribution is 2.26. The van der Waals surface area contributed by atoms with E-state index in [1.165, 1.54) is 6.42 Å². The first kappa shape index (κ1) is 13.9. The molecule has 0 aliphatic carbocycles. The van der Waals surface area contributed by atoms with E-state index in [0.717, 1.165) is 31.1 Å². The Hall–Kier alpha value is -0.150. The first-order chi connectivity index (χ1) is 7.53. The van der Waals surface area contributed by atoms with Gasteiger partial charge in [0.1, 0.15) is 5.76 Å². The quantitative estimate of drug-likeness (QED) is 0.774. The van der Waals surface area contributed by atoms with Gasteiger partial charge in [0.2, 0.25) is 0 Å². The van der Waals surface area contributed by atoms with Gasteiger partial charge in [-0.15, -0.1) is 0 Å². The van der Waals surface area contributed by atoms with E-state index in [1.807, 2.05) is 11.8 Å². The van der Waals surface area contributed by atoms with Crippen LogP contribution in [0.25, 0.3) is 0 Å². The molecule has 0 saturated carbocycles. The van der Waals surface area contributed by atoms with Crippen molar-refractivity contribution in [1.29, 1.82) is 0 Å². The van der Waals surface area contributed by atoms with Crippen molar-refractivity contribution in [3.05, 3.63) is 11.8 Å². The molecule has 0 amide bonds. The van der Waals surface area contributed by atoms with Gasteiger partial charge >= 0.3 is 0 Å². The summed E-state index contributed by atoms with van der Waals surface area (Å²) in [4.78, 5) is 0. The van der Waals surface area contributed by atoms with Crippen molar-refractivity contribution in [2.24, 2.45) is 0 Å². The van der Waals surface area contributed by atoms with Crippen molar-refractivity contribution in [3.63, 3.8) is 0 Å². The van der Waals surface area contributed by atoms with E-state index in [9.17, 15) is 0 Å². The van der Waals surface area contributed by atoms with Crippen LogP contribution in [0.5, 0.6) is 0 Å². The standard InChI is InChI=1S/C13H25NOS/c1-5-8-14-11(10-16-13(2,3)4)12-7-6-9-15-12/h7,11,14H,5-6,8-10H2,1-4H3. The summed E-state index contributed by atoms with van der Waals surface area (Å²) in [5.74, 6) is 2.25. The van der Waals surface area contributed by atoms with Crippen molar-refractivity contribution >= 4 is 11.8 Å². The minimum atomic E-state index is 0.325. The molecule has 1 aliphatic rings. The summed E-state index contributed by atoms with van der Waals surface area (Å²) in [6, 6.07) is 0.395. The van der Waals surface area contributed by atoms with Gasteiger partial charge in [-0.05, 0) is 19.0 Å². The summed E-state index contributed by atoms with van der Waals surface area (Å²) >= 11 is 2.00. The third kappa shape index (κ3) is 5.26. The third-order valence-corrected chi connectivity index (χ3v) is 3.77. The summed E-state index contributed by atoms with van der Waals surface area (Å²) in [5, 5.41) is 3.57. The molecule has 0 aromatic carbocycles. The molecule has 1 aliphatic heterocycles. The lowest BCUT2D eigenvalue weighted by atomic mass is 10.2. The molecular formula is C13H25NOS. The lowest BCUT2D eigenvalue weighted by Gasteiger charge is -2.24. The lowest BCUT2D eigenvalue weighted by molar-refractivity contribution is 0.220. The van der Waals surface area contributed by atoms with E-state index in [-0.39, 0.29) is 0 Å². The van der Waals surface area contributed by atoms with Crippen LogP contribution in [0.4, 0.5) is 0 Å². The van der Waals surface area contributed by atoms with Crippen molar-refractivity contribution in [1.82, 2.24) is 5.32 Å². The second-order valence-electron chi connectivity index (χ2n) is 5.17. The Morgan fingerprint density at radius 1 is 1.50 bits per heavy atom. The number of hydrogen-bond donors (Lipinski definition) is 1. The normalized spacial score (nSPS) is 18.1. The maximum Gasteiger partial charge on any atom is 0.110 e. The van der Waals surface area contributed by atoms with E-state index in [2.05, 4.69) is 39.1 Å². The van der Waals surface area contributed by atoms with Crippen molar-refractivity contribution < 1.29 is 4.74 Å². The molecule has 3 heteroatoms. The Morgan fingerprint density at radius 3 is 2.75 bits per heavy atom. The maximum atomic E-state index is 5.66. The van der Waals surface area contributed by atoms with E-state index >= 15 is 0 Å². The highest BCUT2D eigenvalue weighted by Gasteiger charge is 2.21. The highest BCUT2D eigenvalue weighted by atomic mass is 32.2. The summed E-state index contributed by atoms with van der Waals surface area (Å²) in [6.07, 6.45) is 4.47.